The van der Waals surface area contributed by atoms with E-state index in [0.717, 1.165) is 24.9 Å². The monoisotopic (exact) mass is 285 g/mol. The third-order valence-corrected chi connectivity index (χ3v) is 3.62. The van der Waals surface area contributed by atoms with E-state index in [1.54, 1.807) is 0 Å². The molecule has 1 atom stereocenters. The van der Waals surface area contributed by atoms with Crippen molar-refractivity contribution >= 4 is 15.7 Å². The van der Waals surface area contributed by atoms with Crippen molar-refractivity contribution in [2.75, 3.05) is 24.2 Å². The number of rotatable bonds is 7. The quantitative estimate of drug-likeness (QED) is 0.730. The molecule has 3 N–H and O–H groups in total. The van der Waals surface area contributed by atoms with Gasteiger partial charge < -0.3 is 10.6 Å². The van der Waals surface area contributed by atoms with E-state index in [2.05, 4.69) is 23.5 Å². The Kier molecular flexibility index (Phi) is 5.78. The van der Waals surface area contributed by atoms with Gasteiger partial charge in [0.2, 0.25) is 10.0 Å². The van der Waals surface area contributed by atoms with E-state index in [1.165, 1.54) is 5.69 Å². The number of nitrogens with one attached hydrogen (secondary N) is 1. The first-order valence-electron chi connectivity index (χ1n) is 6.42. The van der Waals surface area contributed by atoms with E-state index in [0.29, 0.717) is 6.42 Å². The van der Waals surface area contributed by atoms with E-state index >= 15 is 0 Å². The van der Waals surface area contributed by atoms with Crippen LogP contribution >= 0.6 is 0 Å². The fourth-order valence-corrected chi connectivity index (χ4v) is 2.64. The summed E-state index contributed by atoms with van der Waals surface area (Å²) in [4.78, 5) is 2.25. The van der Waals surface area contributed by atoms with E-state index < -0.39 is 16.2 Å². The van der Waals surface area contributed by atoms with Gasteiger partial charge in [0.15, 0.2) is 0 Å². The molecule has 0 spiro atoms. The largest absolute Gasteiger partial charge is 0.372 e. The van der Waals surface area contributed by atoms with Gasteiger partial charge in [0.1, 0.15) is 0 Å². The highest BCUT2D eigenvalue weighted by Gasteiger charge is 2.10. The van der Waals surface area contributed by atoms with Gasteiger partial charge in [-0.25, -0.2) is 8.42 Å². The molecule has 0 saturated carbocycles. The van der Waals surface area contributed by atoms with Crippen molar-refractivity contribution in [3.8, 4) is 0 Å². The second-order valence-electron chi connectivity index (χ2n) is 4.54. The first kappa shape index (κ1) is 15.9. The zero-order valence-corrected chi connectivity index (χ0v) is 12.6. The fraction of sp³-hybridized carbons (Fsp3) is 0.538. The summed E-state index contributed by atoms with van der Waals surface area (Å²) in [6, 6.07) is 8.04. The second kappa shape index (κ2) is 6.88. The van der Waals surface area contributed by atoms with Gasteiger partial charge in [0.05, 0.1) is 12.4 Å². The highest BCUT2D eigenvalue weighted by Crippen LogP contribution is 2.15. The molecule has 1 aromatic rings. The number of nitrogens with zero attached hydrogens (tertiary/aromatic N) is 1. The lowest BCUT2D eigenvalue weighted by atomic mass is 10.1. The Morgan fingerprint density at radius 3 is 2.16 bits per heavy atom. The maximum atomic E-state index is 11.1. The first-order chi connectivity index (χ1) is 8.85. The predicted octanol–water partition coefficient (Wildman–Crippen LogP) is 0.909. The molecule has 0 bridgehead atoms. The summed E-state index contributed by atoms with van der Waals surface area (Å²) < 4.78 is 24.5. The number of benzene rings is 1. The minimum Gasteiger partial charge on any atom is -0.372 e. The summed E-state index contributed by atoms with van der Waals surface area (Å²) in [6.45, 7) is 6.16. The maximum Gasteiger partial charge on any atom is 0.210 e. The van der Waals surface area contributed by atoms with E-state index in [-0.39, 0.29) is 0 Å². The van der Waals surface area contributed by atoms with Gasteiger partial charge >= 0.3 is 0 Å². The summed E-state index contributed by atoms with van der Waals surface area (Å²) >= 11 is 0. The molecular formula is C13H23N3O2S. The number of anilines is 1. The standard InChI is InChI=1S/C13H23N3O2S/c1-4-16(5-2)12-8-6-11(7-9-12)10-13(14)15-19(3,17)18/h6-9,13,15H,4-5,10,14H2,1-3H3. The van der Waals surface area contributed by atoms with Crippen LogP contribution < -0.4 is 15.4 Å². The molecule has 1 unspecified atom stereocenters. The topological polar surface area (TPSA) is 75.4 Å². The van der Waals surface area contributed by atoms with E-state index in [9.17, 15) is 8.42 Å². The van der Waals surface area contributed by atoms with Crippen LogP contribution in [0.15, 0.2) is 24.3 Å². The van der Waals surface area contributed by atoms with Crippen LogP contribution in [0.1, 0.15) is 19.4 Å². The van der Waals surface area contributed by atoms with Crippen molar-refractivity contribution in [2.24, 2.45) is 5.73 Å². The van der Waals surface area contributed by atoms with Crippen LogP contribution in [0.5, 0.6) is 0 Å². The van der Waals surface area contributed by atoms with Crippen molar-refractivity contribution in [1.82, 2.24) is 4.72 Å². The van der Waals surface area contributed by atoms with Crippen LogP contribution in [0, 0.1) is 0 Å². The van der Waals surface area contributed by atoms with Crippen LogP contribution in [-0.4, -0.2) is 33.9 Å². The van der Waals surface area contributed by atoms with E-state index in [1.807, 2.05) is 24.3 Å². The Morgan fingerprint density at radius 2 is 1.74 bits per heavy atom. The van der Waals surface area contributed by atoms with Crippen LogP contribution in [0.25, 0.3) is 0 Å². The molecule has 1 aromatic carbocycles. The third kappa shape index (κ3) is 5.59. The Bertz CT molecular complexity index is 481. The first-order valence-corrected chi connectivity index (χ1v) is 8.31. The molecule has 0 aromatic heterocycles. The molecule has 0 radical (unpaired) electrons. The Hall–Kier alpha value is -1.11. The third-order valence-electron chi connectivity index (χ3n) is 2.89. The SMILES string of the molecule is CCN(CC)c1ccc(CC(N)NS(C)(=O)=O)cc1. The molecule has 5 nitrogen and oxygen atoms in total. The van der Waals surface area contributed by atoms with Crippen molar-refractivity contribution in [3.05, 3.63) is 29.8 Å². The number of hydrogen-bond donors (Lipinski definition) is 2. The minimum absolute atomic E-state index is 0.478. The normalized spacial score (nSPS) is 13.3. The second-order valence-corrected chi connectivity index (χ2v) is 6.32. The molecule has 0 amide bonds. The molecule has 6 heteroatoms. The average Bonchev–Trinajstić information content (AvgIpc) is 2.30. The number of hydrogen-bond acceptors (Lipinski definition) is 4. The average molecular weight is 285 g/mol. The molecule has 1 rings (SSSR count). The molecule has 0 aliphatic heterocycles. The van der Waals surface area contributed by atoms with Crippen molar-refractivity contribution < 1.29 is 8.42 Å². The fourth-order valence-electron chi connectivity index (χ4n) is 2.00. The highest BCUT2D eigenvalue weighted by molar-refractivity contribution is 7.88. The van der Waals surface area contributed by atoms with Gasteiger partial charge in [-0.05, 0) is 31.5 Å². The molecule has 0 fully saturated rings. The van der Waals surface area contributed by atoms with Crippen molar-refractivity contribution in [2.45, 2.75) is 26.4 Å². The van der Waals surface area contributed by atoms with Crippen molar-refractivity contribution in [1.29, 1.82) is 0 Å². The Balaban J connectivity index is 2.66. The zero-order valence-electron chi connectivity index (χ0n) is 11.8. The van der Waals surface area contributed by atoms with Gasteiger partial charge in [0.25, 0.3) is 0 Å². The highest BCUT2D eigenvalue weighted by atomic mass is 32.2. The smallest absolute Gasteiger partial charge is 0.210 e. The lowest BCUT2D eigenvalue weighted by Crippen LogP contribution is -2.42. The van der Waals surface area contributed by atoms with Gasteiger partial charge in [-0.2, -0.15) is 4.72 Å². The Morgan fingerprint density at radius 1 is 1.21 bits per heavy atom. The number of nitrogens with two attached hydrogens (primary N) is 1. The van der Waals surface area contributed by atoms with Crippen molar-refractivity contribution in [3.63, 3.8) is 0 Å². The lowest BCUT2D eigenvalue weighted by Gasteiger charge is -2.21. The van der Waals surface area contributed by atoms with Crippen LogP contribution in [0.2, 0.25) is 0 Å². The van der Waals surface area contributed by atoms with Crippen LogP contribution in [0.3, 0.4) is 0 Å². The van der Waals surface area contributed by atoms with Crippen LogP contribution in [0.4, 0.5) is 5.69 Å². The molecule has 0 saturated heterocycles. The summed E-state index contributed by atoms with van der Waals surface area (Å²) in [7, 11) is -3.26. The lowest BCUT2D eigenvalue weighted by molar-refractivity contribution is 0.558. The molecule has 0 aliphatic rings. The summed E-state index contributed by atoms with van der Waals surface area (Å²) in [5.41, 5.74) is 7.92. The summed E-state index contributed by atoms with van der Waals surface area (Å²) in [5, 5.41) is 0. The molecule has 19 heavy (non-hydrogen) atoms. The zero-order chi connectivity index (χ0) is 14.5. The summed E-state index contributed by atoms with van der Waals surface area (Å²) in [5.74, 6) is 0. The minimum atomic E-state index is -3.26. The van der Waals surface area contributed by atoms with Crippen LogP contribution in [-0.2, 0) is 16.4 Å². The van der Waals surface area contributed by atoms with Gasteiger partial charge in [-0.15, -0.1) is 0 Å². The molecule has 0 aliphatic carbocycles. The molecular weight excluding hydrogens is 262 g/mol. The maximum absolute atomic E-state index is 11.1. The van der Waals surface area contributed by atoms with Gasteiger partial charge in [0, 0.05) is 25.2 Å². The Labute approximate surface area is 115 Å². The van der Waals surface area contributed by atoms with Gasteiger partial charge in [-0.1, -0.05) is 12.1 Å². The predicted molar refractivity (Wildman–Crippen MR) is 79.7 cm³/mol. The van der Waals surface area contributed by atoms with Gasteiger partial charge in [-0.3, -0.25) is 0 Å². The number of sulfonamides is 1. The summed E-state index contributed by atoms with van der Waals surface area (Å²) in [6.07, 6.45) is 0.997. The molecule has 108 valence electrons. The van der Waals surface area contributed by atoms with E-state index in [4.69, 9.17) is 5.73 Å². The molecule has 0 heterocycles.